The van der Waals surface area contributed by atoms with Gasteiger partial charge in [0, 0.05) is 5.56 Å². The second kappa shape index (κ2) is 12.0. The van der Waals surface area contributed by atoms with E-state index in [1.165, 1.54) is 69.1 Å². The Morgan fingerprint density at radius 1 is 0.765 bits per heavy atom. The lowest BCUT2D eigenvalue weighted by atomic mass is 9.63. The first kappa shape index (κ1) is 24.9. The summed E-state index contributed by atoms with van der Waals surface area (Å²) in [7, 11) is 0. The lowest BCUT2D eigenvalue weighted by molar-refractivity contribution is 0.115. The predicted molar refractivity (Wildman–Crippen MR) is 140 cm³/mol. The Bertz CT molecular complexity index is 962. The first-order valence-corrected chi connectivity index (χ1v) is 13.4. The zero-order valence-corrected chi connectivity index (χ0v) is 20.9. The first-order valence-electron chi connectivity index (χ1n) is 13.4. The molecule has 4 rings (SSSR count). The molecule has 2 fully saturated rings. The van der Waals surface area contributed by atoms with Gasteiger partial charge in [0.25, 0.3) is 0 Å². The molecule has 0 aromatic heterocycles. The number of allylic oxidation sites excluding steroid dienone is 4. The van der Waals surface area contributed by atoms with E-state index in [4.69, 9.17) is 0 Å². The molecule has 0 heterocycles. The summed E-state index contributed by atoms with van der Waals surface area (Å²) in [5.74, 6) is 2.44. The highest BCUT2D eigenvalue weighted by molar-refractivity contribution is 5.64. The quantitative estimate of drug-likeness (QED) is 0.342. The largest absolute Gasteiger partial charge is 0.207 e. The summed E-state index contributed by atoms with van der Waals surface area (Å²) < 4.78 is 29.2. The van der Waals surface area contributed by atoms with Crippen LogP contribution < -0.4 is 0 Å². The number of hydrogen-bond acceptors (Lipinski definition) is 0. The molecule has 0 saturated heterocycles. The molecule has 0 N–H and O–H groups in total. The van der Waals surface area contributed by atoms with Crippen molar-refractivity contribution in [2.75, 3.05) is 0 Å². The molecule has 0 nitrogen and oxygen atoms in total. The van der Waals surface area contributed by atoms with Crippen molar-refractivity contribution < 1.29 is 8.78 Å². The van der Waals surface area contributed by atoms with E-state index in [9.17, 15) is 8.78 Å². The van der Waals surface area contributed by atoms with Gasteiger partial charge in [0.2, 0.25) is 0 Å². The van der Waals surface area contributed by atoms with Gasteiger partial charge in [0.15, 0.2) is 0 Å². The number of fused-ring (bicyclic) bond motifs is 1. The first-order chi connectivity index (χ1) is 16.6. The molecular weight excluding hydrogens is 422 g/mol. The normalized spacial score (nSPS) is 25.2. The van der Waals surface area contributed by atoms with Gasteiger partial charge in [-0.2, -0.15) is 0 Å². The maximum atomic E-state index is 14.6. The van der Waals surface area contributed by atoms with Crippen LogP contribution in [0.3, 0.4) is 0 Å². The molecule has 0 amide bonds. The molecule has 2 aliphatic rings. The minimum absolute atomic E-state index is 0.187. The lowest BCUT2D eigenvalue weighted by Gasteiger charge is -2.42. The van der Waals surface area contributed by atoms with Crippen LogP contribution in [-0.4, -0.2) is 0 Å². The van der Waals surface area contributed by atoms with Gasteiger partial charge >= 0.3 is 0 Å². The van der Waals surface area contributed by atoms with Gasteiger partial charge in [-0.15, -0.1) is 0 Å². The second-order valence-corrected chi connectivity index (χ2v) is 10.5. The van der Waals surface area contributed by atoms with Crippen molar-refractivity contribution in [3.8, 4) is 11.1 Å². The van der Waals surface area contributed by atoms with Crippen molar-refractivity contribution in [2.45, 2.75) is 84.0 Å². The summed E-state index contributed by atoms with van der Waals surface area (Å²) in [6, 6.07) is 11.5. The van der Waals surface area contributed by atoms with Crippen molar-refractivity contribution >= 4 is 0 Å². The van der Waals surface area contributed by atoms with E-state index in [1.54, 1.807) is 0 Å². The van der Waals surface area contributed by atoms with Crippen LogP contribution in [0, 0.1) is 29.4 Å². The molecular formula is C32H40F2. The van der Waals surface area contributed by atoms with Gasteiger partial charge in [0.1, 0.15) is 11.6 Å². The smallest absolute Gasteiger partial charge is 0.129 e. The molecule has 0 aliphatic heterocycles. The third-order valence-corrected chi connectivity index (χ3v) is 8.35. The van der Waals surface area contributed by atoms with Crippen molar-refractivity contribution in [3.05, 3.63) is 83.5 Å². The van der Waals surface area contributed by atoms with Crippen LogP contribution >= 0.6 is 0 Å². The van der Waals surface area contributed by atoms with E-state index in [0.717, 1.165) is 23.3 Å². The molecule has 2 aromatic carbocycles. The lowest BCUT2D eigenvalue weighted by Crippen LogP contribution is -2.30. The van der Waals surface area contributed by atoms with E-state index < -0.39 is 11.6 Å². The third-order valence-electron chi connectivity index (χ3n) is 8.35. The highest BCUT2D eigenvalue weighted by Crippen LogP contribution is 2.48. The van der Waals surface area contributed by atoms with E-state index in [1.807, 2.05) is 31.2 Å². The van der Waals surface area contributed by atoms with Gasteiger partial charge in [0.05, 0.1) is 0 Å². The maximum Gasteiger partial charge on any atom is 0.129 e. The molecule has 0 bridgehead atoms. The Morgan fingerprint density at radius 3 is 2.12 bits per heavy atom. The number of halogens is 2. The fourth-order valence-corrected chi connectivity index (χ4v) is 6.40. The van der Waals surface area contributed by atoms with E-state index >= 15 is 0 Å². The Morgan fingerprint density at radius 2 is 1.41 bits per heavy atom. The zero-order valence-electron chi connectivity index (χ0n) is 20.9. The zero-order chi connectivity index (χ0) is 23.9. The maximum absolute atomic E-state index is 14.6. The van der Waals surface area contributed by atoms with Gasteiger partial charge in [-0.1, -0.05) is 55.0 Å². The summed E-state index contributed by atoms with van der Waals surface area (Å²) >= 11 is 0. The Balaban J connectivity index is 1.37. The average Bonchev–Trinajstić information content (AvgIpc) is 2.85. The fraction of sp³-hybridized carbons (Fsp3) is 0.500. The molecule has 0 spiro atoms. The fourth-order valence-electron chi connectivity index (χ4n) is 6.40. The van der Waals surface area contributed by atoms with Crippen LogP contribution in [0.25, 0.3) is 11.1 Å². The van der Waals surface area contributed by atoms with Gasteiger partial charge in [-0.25, -0.2) is 8.78 Å². The summed E-state index contributed by atoms with van der Waals surface area (Å²) in [6.45, 7) is 4.04. The van der Waals surface area contributed by atoms with Gasteiger partial charge < -0.3 is 0 Å². The van der Waals surface area contributed by atoms with Crippen molar-refractivity contribution in [1.82, 2.24) is 0 Å². The molecule has 0 radical (unpaired) electrons. The highest BCUT2D eigenvalue weighted by Gasteiger charge is 2.35. The summed E-state index contributed by atoms with van der Waals surface area (Å²) in [5.41, 5.74) is 3.08. The van der Waals surface area contributed by atoms with Crippen LogP contribution in [0.15, 0.2) is 60.7 Å². The predicted octanol–water partition coefficient (Wildman–Crippen LogP) is 9.80. The SMILES string of the molecule is C/C=C/CCc1c(F)cc(-c2ccc(C3CCC4CC(CC/C=C/C)CCC4C3)cc2)cc1F. The van der Waals surface area contributed by atoms with Crippen LogP contribution in [0.4, 0.5) is 8.78 Å². The minimum atomic E-state index is -0.441. The Labute approximate surface area is 205 Å². The van der Waals surface area contributed by atoms with Crippen molar-refractivity contribution in [3.63, 3.8) is 0 Å². The number of hydrogen-bond donors (Lipinski definition) is 0. The summed E-state index contributed by atoms with van der Waals surface area (Å²) in [6.07, 6.45) is 20.1. The van der Waals surface area contributed by atoms with Gasteiger partial charge in [-0.05, 0) is 124 Å². The minimum Gasteiger partial charge on any atom is -0.207 e. The molecule has 2 saturated carbocycles. The molecule has 34 heavy (non-hydrogen) atoms. The summed E-state index contributed by atoms with van der Waals surface area (Å²) in [5, 5.41) is 0. The number of rotatable bonds is 8. The molecule has 2 aliphatic carbocycles. The van der Waals surface area contributed by atoms with Crippen molar-refractivity contribution in [1.29, 1.82) is 0 Å². The Kier molecular flexibility index (Phi) is 8.75. The molecule has 182 valence electrons. The van der Waals surface area contributed by atoms with Crippen LogP contribution in [0.5, 0.6) is 0 Å². The topological polar surface area (TPSA) is 0 Å². The van der Waals surface area contributed by atoms with Crippen molar-refractivity contribution in [2.24, 2.45) is 17.8 Å². The molecule has 4 atom stereocenters. The molecule has 2 aromatic rings. The highest BCUT2D eigenvalue weighted by atomic mass is 19.1. The Hall–Kier alpha value is -2.22. The number of benzene rings is 2. The second-order valence-electron chi connectivity index (χ2n) is 10.5. The third kappa shape index (κ3) is 6.06. The van der Waals surface area contributed by atoms with E-state index in [2.05, 4.69) is 31.2 Å². The van der Waals surface area contributed by atoms with Crippen LogP contribution in [-0.2, 0) is 6.42 Å². The van der Waals surface area contributed by atoms with Gasteiger partial charge in [-0.3, -0.25) is 0 Å². The van der Waals surface area contributed by atoms with Crippen LogP contribution in [0.1, 0.15) is 88.7 Å². The van der Waals surface area contributed by atoms with E-state index in [0.29, 0.717) is 24.3 Å². The summed E-state index contributed by atoms with van der Waals surface area (Å²) in [4.78, 5) is 0. The molecule has 4 unspecified atom stereocenters. The monoisotopic (exact) mass is 462 g/mol. The standard InChI is InChI=1S/C32H40F2/c1-3-5-7-9-23-11-12-28-20-27(18-17-26(28)19-23)24-13-15-25(16-14-24)29-21-31(33)30(32(34)22-29)10-8-6-4-2/h3-6,13-16,21-23,26-28H,7-12,17-20H2,1-2H3/b5-3+,6-4+. The van der Waals surface area contributed by atoms with E-state index in [-0.39, 0.29) is 5.56 Å². The molecule has 2 heteroatoms. The van der Waals surface area contributed by atoms with Crippen LogP contribution in [0.2, 0.25) is 0 Å². The average molecular weight is 463 g/mol.